The fourth-order valence-electron chi connectivity index (χ4n) is 1.19. The summed E-state index contributed by atoms with van der Waals surface area (Å²) in [6, 6.07) is 1.81. The van der Waals surface area contributed by atoms with Crippen molar-refractivity contribution < 1.29 is 28.5 Å². The Hall–Kier alpha value is -1.21. The van der Waals surface area contributed by atoms with Gasteiger partial charge >= 0.3 is 11.8 Å². The van der Waals surface area contributed by atoms with E-state index in [0.29, 0.717) is 0 Å². The predicted octanol–water partition coefficient (Wildman–Crippen LogP) is 2.54. The molecule has 1 aromatic carbocycles. The fraction of sp³-hybridized carbons (Fsp3) is 0.364. The summed E-state index contributed by atoms with van der Waals surface area (Å²) in [5.74, 6) is -8.48. The molecule has 0 fully saturated rings. The van der Waals surface area contributed by atoms with Crippen LogP contribution in [0.1, 0.15) is 13.8 Å². The molecule has 7 heteroatoms. The van der Waals surface area contributed by atoms with E-state index in [9.17, 15) is 18.7 Å². The first-order chi connectivity index (χ1) is 8.18. The first kappa shape index (κ1) is 14.8. The minimum Gasteiger partial charge on any atom is -0.476 e. The van der Waals surface area contributed by atoms with Gasteiger partial charge in [-0.2, -0.15) is 0 Å². The summed E-state index contributed by atoms with van der Waals surface area (Å²) in [4.78, 5) is 10.9. The van der Waals surface area contributed by atoms with Crippen LogP contribution in [0.3, 0.4) is 0 Å². The number of carboxylic acids is 1. The third-order valence-electron chi connectivity index (χ3n) is 2.31. The van der Waals surface area contributed by atoms with Gasteiger partial charge in [-0.05, 0) is 12.1 Å². The molecule has 0 bridgehead atoms. The molecule has 100 valence electrons. The number of halogens is 3. The first-order valence-electron chi connectivity index (χ1n) is 4.97. The molecule has 0 aliphatic rings. The highest BCUT2D eigenvalue weighted by Crippen LogP contribution is 2.31. The van der Waals surface area contributed by atoms with E-state index in [1.54, 1.807) is 0 Å². The van der Waals surface area contributed by atoms with Crippen molar-refractivity contribution in [3.63, 3.8) is 0 Å². The zero-order valence-corrected chi connectivity index (χ0v) is 11.2. The second-order valence-corrected chi connectivity index (χ2v) is 4.87. The number of carbonyl (C=O) groups is 1. The average molecular weight is 325 g/mol. The SMILES string of the molecule is CC(C)C(O)(Oc1c(F)cc(Br)cc1F)C(=O)O. The average Bonchev–Trinajstić information content (AvgIpc) is 2.22. The number of aliphatic carboxylic acids is 1. The van der Waals surface area contributed by atoms with E-state index in [4.69, 9.17) is 5.11 Å². The minimum atomic E-state index is -2.70. The van der Waals surface area contributed by atoms with Gasteiger partial charge in [0.1, 0.15) is 0 Å². The second kappa shape index (κ2) is 5.19. The molecule has 1 rings (SSSR count). The fourth-order valence-corrected chi connectivity index (χ4v) is 1.59. The van der Waals surface area contributed by atoms with E-state index >= 15 is 0 Å². The van der Waals surface area contributed by atoms with E-state index in [2.05, 4.69) is 20.7 Å². The van der Waals surface area contributed by atoms with Crippen LogP contribution in [0.2, 0.25) is 0 Å². The molecule has 18 heavy (non-hydrogen) atoms. The molecule has 1 aromatic rings. The molecule has 0 amide bonds. The van der Waals surface area contributed by atoms with Gasteiger partial charge < -0.3 is 14.9 Å². The smallest absolute Gasteiger partial charge is 0.377 e. The molecule has 0 aromatic heterocycles. The normalized spacial score (nSPS) is 14.4. The lowest BCUT2D eigenvalue weighted by Gasteiger charge is -2.28. The minimum absolute atomic E-state index is 0.133. The summed E-state index contributed by atoms with van der Waals surface area (Å²) in [6.07, 6.45) is 0. The molecule has 0 spiro atoms. The van der Waals surface area contributed by atoms with Crippen molar-refractivity contribution in [2.75, 3.05) is 0 Å². The molecule has 1 unspecified atom stereocenters. The van der Waals surface area contributed by atoms with Crippen LogP contribution in [0.15, 0.2) is 16.6 Å². The number of aliphatic hydroxyl groups is 1. The number of carboxylic acid groups (broad SMARTS) is 1. The van der Waals surface area contributed by atoms with Gasteiger partial charge in [0.25, 0.3) is 0 Å². The number of rotatable bonds is 4. The Morgan fingerprint density at radius 1 is 1.39 bits per heavy atom. The molecular weight excluding hydrogens is 314 g/mol. The topological polar surface area (TPSA) is 66.8 Å². The van der Waals surface area contributed by atoms with Crippen LogP contribution in [0, 0.1) is 17.6 Å². The van der Waals surface area contributed by atoms with E-state index in [1.807, 2.05) is 0 Å². The van der Waals surface area contributed by atoms with Crippen LogP contribution < -0.4 is 4.74 Å². The first-order valence-corrected chi connectivity index (χ1v) is 5.77. The molecule has 0 heterocycles. The maximum Gasteiger partial charge on any atom is 0.377 e. The maximum absolute atomic E-state index is 13.5. The molecular formula is C11H11BrF2O4. The summed E-state index contributed by atoms with van der Waals surface area (Å²) >= 11 is 2.87. The Bertz CT molecular complexity index is 455. The van der Waals surface area contributed by atoms with Crippen molar-refractivity contribution in [2.45, 2.75) is 19.6 Å². The Morgan fingerprint density at radius 3 is 2.17 bits per heavy atom. The van der Waals surface area contributed by atoms with Crippen molar-refractivity contribution in [3.8, 4) is 5.75 Å². The van der Waals surface area contributed by atoms with Crippen molar-refractivity contribution in [2.24, 2.45) is 5.92 Å². The highest BCUT2D eigenvalue weighted by molar-refractivity contribution is 9.10. The standard InChI is InChI=1S/C11H11BrF2O4/c1-5(2)11(17,10(15)16)18-9-7(13)3-6(12)4-8(9)14/h3-5,17H,1-2H3,(H,15,16). The summed E-state index contributed by atoms with van der Waals surface area (Å²) in [5, 5.41) is 18.6. The quantitative estimate of drug-likeness (QED) is 0.835. The lowest BCUT2D eigenvalue weighted by Crippen LogP contribution is -2.49. The van der Waals surface area contributed by atoms with E-state index < -0.39 is 35.1 Å². The number of benzene rings is 1. The largest absolute Gasteiger partial charge is 0.476 e. The van der Waals surface area contributed by atoms with E-state index in [1.165, 1.54) is 13.8 Å². The van der Waals surface area contributed by atoms with Crippen molar-refractivity contribution in [3.05, 3.63) is 28.2 Å². The number of hydrogen-bond acceptors (Lipinski definition) is 3. The predicted molar refractivity (Wildman–Crippen MR) is 62.1 cm³/mol. The third kappa shape index (κ3) is 2.78. The van der Waals surface area contributed by atoms with Gasteiger partial charge in [-0.3, -0.25) is 0 Å². The second-order valence-electron chi connectivity index (χ2n) is 3.96. The van der Waals surface area contributed by atoms with Gasteiger partial charge in [-0.15, -0.1) is 0 Å². The monoisotopic (exact) mass is 324 g/mol. The molecule has 0 saturated heterocycles. The Kier molecular flexibility index (Phi) is 4.28. The van der Waals surface area contributed by atoms with Crippen LogP contribution in [0.5, 0.6) is 5.75 Å². The maximum atomic E-state index is 13.5. The number of hydrogen-bond donors (Lipinski definition) is 2. The highest BCUT2D eigenvalue weighted by Gasteiger charge is 2.43. The van der Waals surface area contributed by atoms with Gasteiger partial charge in [-0.25, -0.2) is 13.6 Å². The van der Waals surface area contributed by atoms with E-state index in [0.717, 1.165) is 12.1 Å². The number of ether oxygens (including phenoxy) is 1. The Labute approximate surface area is 110 Å². The van der Waals surface area contributed by atoms with Gasteiger partial charge in [0.2, 0.25) is 0 Å². The van der Waals surface area contributed by atoms with Gasteiger partial charge in [0.15, 0.2) is 17.4 Å². The molecule has 0 aliphatic carbocycles. The van der Waals surface area contributed by atoms with Crippen LogP contribution in [-0.4, -0.2) is 22.0 Å². The summed E-state index contributed by atoms with van der Waals surface area (Å²) < 4.78 is 31.7. The molecule has 2 N–H and O–H groups in total. The summed E-state index contributed by atoms with van der Waals surface area (Å²) in [6.45, 7) is 2.70. The van der Waals surface area contributed by atoms with Gasteiger partial charge in [0.05, 0.1) is 0 Å². The zero-order valence-electron chi connectivity index (χ0n) is 9.58. The van der Waals surface area contributed by atoms with Crippen LogP contribution >= 0.6 is 15.9 Å². The molecule has 0 saturated carbocycles. The van der Waals surface area contributed by atoms with E-state index in [-0.39, 0.29) is 4.47 Å². The zero-order chi connectivity index (χ0) is 14.1. The van der Waals surface area contributed by atoms with Crippen LogP contribution in [-0.2, 0) is 4.79 Å². The Balaban J connectivity index is 3.21. The van der Waals surface area contributed by atoms with Crippen LogP contribution in [0.25, 0.3) is 0 Å². The van der Waals surface area contributed by atoms with Gasteiger partial charge in [0, 0.05) is 10.4 Å². The molecule has 4 nitrogen and oxygen atoms in total. The summed E-state index contributed by atoms with van der Waals surface area (Å²) in [5.41, 5.74) is 0. The van der Waals surface area contributed by atoms with Crippen molar-refractivity contribution in [1.82, 2.24) is 0 Å². The van der Waals surface area contributed by atoms with Crippen molar-refractivity contribution >= 4 is 21.9 Å². The Morgan fingerprint density at radius 2 is 1.83 bits per heavy atom. The lowest BCUT2D eigenvalue weighted by molar-refractivity contribution is -0.208. The molecule has 1 atom stereocenters. The van der Waals surface area contributed by atoms with Crippen LogP contribution in [0.4, 0.5) is 8.78 Å². The summed E-state index contributed by atoms with van der Waals surface area (Å²) in [7, 11) is 0. The molecule has 0 radical (unpaired) electrons. The highest BCUT2D eigenvalue weighted by atomic mass is 79.9. The molecule has 0 aliphatic heterocycles. The lowest BCUT2D eigenvalue weighted by atomic mass is 10.0. The van der Waals surface area contributed by atoms with Gasteiger partial charge in [-0.1, -0.05) is 29.8 Å². The van der Waals surface area contributed by atoms with Crippen molar-refractivity contribution in [1.29, 1.82) is 0 Å². The third-order valence-corrected chi connectivity index (χ3v) is 2.77.